The average molecular weight is 264 g/mol. The average Bonchev–Trinajstić information content (AvgIpc) is 3.13. The van der Waals surface area contributed by atoms with Crippen LogP contribution in [-0.4, -0.2) is 56.7 Å². The third-order valence-corrected chi connectivity index (χ3v) is 3.93. The highest BCUT2D eigenvalue weighted by Gasteiger charge is 2.25. The van der Waals surface area contributed by atoms with Crippen LogP contribution in [0.5, 0.6) is 0 Å². The second-order valence-corrected chi connectivity index (χ2v) is 5.51. The molecular formula is C12H20N6O. The Labute approximate surface area is 112 Å². The molecule has 1 N–H and O–H groups in total. The van der Waals surface area contributed by atoms with Gasteiger partial charge < -0.3 is 10.2 Å². The van der Waals surface area contributed by atoms with E-state index in [1.54, 1.807) is 0 Å². The molecule has 1 saturated heterocycles. The topological polar surface area (TPSA) is 75.9 Å². The summed E-state index contributed by atoms with van der Waals surface area (Å²) in [5.41, 5.74) is 0. The Morgan fingerprint density at radius 2 is 2.05 bits per heavy atom. The summed E-state index contributed by atoms with van der Waals surface area (Å²) in [5, 5.41) is 14.4. The van der Waals surface area contributed by atoms with Crippen LogP contribution >= 0.6 is 0 Å². The maximum atomic E-state index is 12.0. The summed E-state index contributed by atoms with van der Waals surface area (Å²) in [7, 11) is 0. The van der Waals surface area contributed by atoms with Crippen molar-refractivity contribution in [1.29, 1.82) is 0 Å². The molecule has 1 aromatic heterocycles. The van der Waals surface area contributed by atoms with E-state index in [1.165, 1.54) is 23.9 Å². The zero-order chi connectivity index (χ0) is 13.1. The Hall–Kier alpha value is -1.50. The lowest BCUT2D eigenvalue weighted by molar-refractivity contribution is -0.133. The van der Waals surface area contributed by atoms with E-state index in [4.69, 9.17) is 0 Å². The van der Waals surface area contributed by atoms with E-state index in [2.05, 4.69) is 20.8 Å². The minimum atomic E-state index is 0.105. The summed E-state index contributed by atoms with van der Waals surface area (Å²) >= 11 is 0. The minimum absolute atomic E-state index is 0.105. The smallest absolute Gasteiger partial charge is 0.244 e. The lowest BCUT2D eigenvalue weighted by atomic mass is 10.0. The summed E-state index contributed by atoms with van der Waals surface area (Å²) in [6.45, 7) is 3.07. The molecule has 2 heterocycles. The van der Waals surface area contributed by atoms with Crippen molar-refractivity contribution in [2.45, 2.75) is 38.3 Å². The first-order valence-corrected chi connectivity index (χ1v) is 7.03. The molecule has 0 spiro atoms. The summed E-state index contributed by atoms with van der Waals surface area (Å²) < 4.78 is 1.47. The number of carbonyl (C=O) groups is 1. The highest BCUT2D eigenvalue weighted by atomic mass is 16.2. The predicted octanol–water partition coefficient (Wildman–Crippen LogP) is -0.336. The van der Waals surface area contributed by atoms with E-state index in [0.29, 0.717) is 6.04 Å². The number of carbonyl (C=O) groups excluding carboxylic acids is 1. The first-order valence-electron chi connectivity index (χ1n) is 7.03. The number of hydrogen-bond donors (Lipinski definition) is 1. The van der Waals surface area contributed by atoms with Crippen LogP contribution in [0.25, 0.3) is 0 Å². The molecule has 0 unspecified atom stereocenters. The molecule has 3 rings (SSSR count). The Kier molecular flexibility index (Phi) is 3.72. The molecule has 0 radical (unpaired) electrons. The number of aromatic nitrogens is 4. The molecule has 1 aliphatic carbocycles. The fourth-order valence-corrected chi connectivity index (χ4v) is 2.48. The Bertz CT molecular complexity index is 408. The fraction of sp³-hybridized carbons (Fsp3) is 0.833. The zero-order valence-electron chi connectivity index (χ0n) is 11.0. The number of piperidine rings is 1. The molecule has 1 aliphatic heterocycles. The number of nitrogens with zero attached hydrogens (tertiary/aromatic N) is 5. The standard InChI is InChI=1S/C12H20N6O/c19-12(8-18-9-14-15-16-18)17-5-3-11(4-6-17)13-7-10-1-2-10/h9-11,13H,1-8H2. The van der Waals surface area contributed by atoms with E-state index in [-0.39, 0.29) is 12.5 Å². The maximum absolute atomic E-state index is 12.0. The van der Waals surface area contributed by atoms with Crippen molar-refractivity contribution < 1.29 is 4.79 Å². The number of nitrogens with one attached hydrogen (secondary N) is 1. The molecule has 7 nitrogen and oxygen atoms in total. The van der Waals surface area contributed by atoms with Crippen LogP contribution in [0.3, 0.4) is 0 Å². The zero-order valence-corrected chi connectivity index (χ0v) is 11.0. The van der Waals surface area contributed by atoms with Gasteiger partial charge in [0, 0.05) is 19.1 Å². The van der Waals surface area contributed by atoms with Crippen molar-refractivity contribution in [2.24, 2.45) is 5.92 Å². The van der Waals surface area contributed by atoms with Crippen LogP contribution in [0.15, 0.2) is 6.33 Å². The van der Waals surface area contributed by atoms with E-state index < -0.39 is 0 Å². The Balaban J connectivity index is 1.40. The number of hydrogen-bond acceptors (Lipinski definition) is 5. The largest absolute Gasteiger partial charge is 0.341 e. The normalized spacial score (nSPS) is 20.7. The van der Waals surface area contributed by atoms with Crippen LogP contribution in [0.2, 0.25) is 0 Å². The van der Waals surface area contributed by atoms with Crippen molar-refractivity contribution in [3.05, 3.63) is 6.33 Å². The van der Waals surface area contributed by atoms with Gasteiger partial charge in [0.05, 0.1) is 0 Å². The van der Waals surface area contributed by atoms with Gasteiger partial charge in [-0.05, 0) is 48.6 Å². The minimum Gasteiger partial charge on any atom is -0.341 e. The third kappa shape index (κ3) is 3.50. The van der Waals surface area contributed by atoms with Gasteiger partial charge >= 0.3 is 0 Å². The van der Waals surface area contributed by atoms with Crippen LogP contribution < -0.4 is 5.32 Å². The van der Waals surface area contributed by atoms with E-state index in [0.717, 1.165) is 38.4 Å². The van der Waals surface area contributed by atoms with Gasteiger partial charge in [-0.25, -0.2) is 4.68 Å². The molecule has 0 atom stereocenters. The first-order chi connectivity index (χ1) is 9.31. The van der Waals surface area contributed by atoms with Gasteiger partial charge in [-0.2, -0.15) is 0 Å². The lowest BCUT2D eigenvalue weighted by Gasteiger charge is -2.32. The number of likely N-dealkylation sites (tertiary alicyclic amines) is 1. The molecule has 2 aliphatic rings. The van der Waals surface area contributed by atoms with Gasteiger partial charge in [-0.3, -0.25) is 4.79 Å². The molecule has 19 heavy (non-hydrogen) atoms. The highest BCUT2D eigenvalue weighted by Crippen LogP contribution is 2.28. The third-order valence-electron chi connectivity index (χ3n) is 3.93. The van der Waals surface area contributed by atoms with Crippen molar-refractivity contribution in [1.82, 2.24) is 30.4 Å². The molecule has 2 fully saturated rings. The Morgan fingerprint density at radius 3 is 2.68 bits per heavy atom. The van der Waals surface area contributed by atoms with Crippen LogP contribution in [0.1, 0.15) is 25.7 Å². The summed E-state index contributed by atoms with van der Waals surface area (Å²) in [6.07, 6.45) is 6.34. The monoisotopic (exact) mass is 264 g/mol. The predicted molar refractivity (Wildman–Crippen MR) is 68.1 cm³/mol. The van der Waals surface area contributed by atoms with Crippen molar-refractivity contribution in [3.8, 4) is 0 Å². The second kappa shape index (κ2) is 5.64. The van der Waals surface area contributed by atoms with E-state index in [1.807, 2.05) is 4.90 Å². The van der Waals surface area contributed by atoms with Gasteiger partial charge in [0.15, 0.2) is 0 Å². The summed E-state index contributed by atoms with van der Waals surface area (Å²) in [5.74, 6) is 1.02. The molecule has 7 heteroatoms. The van der Waals surface area contributed by atoms with Crippen LogP contribution in [-0.2, 0) is 11.3 Å². The molecule has 1 aromatic rings. The van der Waals surface area contributed by atoms with E-state index in [9.17, 15) is 4.79 Å². The molecule has 1 saturated carbocycles. The summed E-state index contributed by atoms with van der Waals surface area (Å²) in [4.78, 5) is 14.0. The SMILES string of the molecule is O=C(Cn1cnnn1)N1CCC(NCC2CC2)CC1. The van der Waals surface area contributed by atoms with Gasteiger partial charge in [-0.15, -0.1) is 5.10 Å². The number of rotatable bonds is 5. The maximum Gasteiger partial charge on any atom is 0.244 e. The highest BCUT2D eigenvalue weighted by molar-refractivity contribution is 5.75. The van der Waals surface area contributed by atoms with Gasteiger partial charge in [-0.1, -0.05) is 0 Å². The fourth-order valence-electron chi connectivity index (χ4n) is 2.48. The lowest BCUT2D eigenvalue weighted by Crippen LogP contribution is -2.46. The number of tetrazole rings is 1. The van der Waals surface area contributed by atoms with Crippen molar-refractivity contribution >= 4 is 5.91 Å². The van der Waals surface area contributed by atoms with Crippen LogP contribution in [0, 0.1) is 5.92 Å². The van der Waals surface area contributed by atoms with E-state index >= 15 is 0 Å². The molecule has 0 aromatic carbocycles. The summed E-state index contributed by atoms with van der Waals surface area (Å²) in [6, 6.07) is 0.581. The van der Waals surface area contributed by atoms with Gasteiger partial charge in [0.25, 0.3) is 0 Å². The Morgan fingerprint density at radius 1 is 1.26 bits per heavy atom. The molecule has 0 bridgehead atoms. The van der Waals surface area contributed by atoms with Crippen molar-refractivity contribution in [3.63, 3.8) is 0 Å². The van der Waals surface area contributed by atoms with Crippen LogP contribution in [0.4, 0.5) is 0 Å². The second-order valence-electron chi connectivity index (χ2n) is 5.51. The van der Waals surface area contributed by atoms with Gasteiger partial charge in [0.1, 0.15) is 12.9 Å². The molecule has 1 amide bonds. The molecular weight excluding hydrogens is 244 g/mol. The first kappa shape index (κ1) is 12.5. The molecule has 104 valence electrons. The quantitative estimate of drug-likeness (QED) is 0.787. The number of amides is 1. The van der Waals surface area contributed by atoms with Crippen molar-refractivity contribution in [2.75, 3.05) is 19.6 Å². The van der Waals surface area contributed by atoms with Gasteiger partial charge in [0.2, 0.25) is 5.91 Å².